The largest absolute Gasteiger partial charge is 0.481 e. The minimum absolute atomic E-state index is 0.155. The molecule has 126 valence electrons. The fraction of sp³-hybridized carbons (Fsp3) is 0.429. The maximum absolute atomic E-state index is 12.9. The first-order valence-electron chi connectivity index (χ1n) is 7.58. The van der Waals surface area contributed by atoms with Crippen molar-refractivity contribution in [1.82, 2.24) is 24.5 Å². The number of carbonyl (C=O) groups is 1. The third-order valence-corrected chi connectivity index (χ3v) is 6.81. The highest BCUT2D eigenvalue weighted by atomic mass is 32.2. The van der Waals surface area contributed by atoms with Gasteiger partial charge in [-0.05, 0) is 54.0 Å². The Kier molecular flexibility index (Phi) is 3.39. The van der Waals surface area contributed by atoms with Gasteiger partial charge >= 0.3 is 5.97 Å². The summed E-state index contributed by atoms with van der Waals surface area (Å²) in [5.74, 6) is -1.53. The first kappa shape index (κ1) is 15.2. The van der Waals surface area contributed by atoms with Crippen LogP contribution >= 0.6 is 0 Å². The second-order valence-electron chi connectivity index (χ2n) is 6.06. The van der Waals surface area contributed by atoms with Crippen LogP contribution in [0.4, 0.5) is 0 Å². The van der Waals surface area contributed by atoms with Crippen molar-refractivity contribution in [3.05, 3.63) is 30.6 Å². The monoisotopic (exact) mass is 349 g/mol. The Labute approximate surface area is 137 Å². The topological polar surface area (TPSA) is 118 Å². The van der Waals surface area contributed by atoms with Crippen LogP contribution in [0, 0.1) is 5.92 Å². The van der Waals surface area contributed by atoms with Crippen molar-refractivity contribution in [3.63, 3.8) is 0 Å². The summed E-state index contributed by atoms with van der Waals surface area (Å²) in [4.78, 5) is 11.5. The zero-order valence-corrected chi connectivity index (χ0v) is 13.4. The molecule has 0 aliphatic carbocycles. The highest BCUT2D eigenvalue weighted by molar-refractivity contribution is 7.89. The molecule has 1 aromatic heterocycles. The summed E-state index contributed by atoms with van der Waals surface area (Å²) in [6, 6.07) is 5.57. The SMILES string of the molecule is O=C(O)C1CC2CCC1N2S(=O)(=O)c1ccc(-n2cnnn2)cc1. The van der Waals surface area contributed by atoms with Gasteiger partial charge in [0.15, 0.2) is 0 Å². The van der Waals surface area contributed by atoms with Gasteiger partial charge in [0.05, 0.1) is 16.5 Å². The third kappa shape index (κ3) is 2.21. The van der Waals surface area contributed by atoms with Crippen LogP contribution < -0.4 is 0 Å². The molecule has 3 unspecified atom stereocenters. The Bertz CT molecular complexity index is 865. The minimum atomic E-state index is -3.72. The fourth-order valence-electron chi connectivity index (χ4n) is 3.75. The zero-order chi connectivity index (χ0) is 16.9. The third-order valence-electron chi connectivity index (χ3n) is 4.82. The van der Waals surface area contributed by atoms with Crippen LogP contribution in [0.2, 0.25) is 0 Å². The van der Waals surface area contributed by atoms with Crippen molar-refractivity contribution in [2.45, 2.75) is 36.2 Å². The van der Waals surface area contributed by atoms with Gasteiger partial charge in [0.2, 0.25) is 10.0 Å². The van der Waals surface area contributed by atoms with Crippen molar-refractivity contribution in [2.24, 2.45) is 5.92 Å². The van der Waals surface area contributed by atoms with Crippen LogP contribution in [-0.4, -0.2) is 56.1 Å². The highest BCUT2D eigenvalue weighted by Crippen LogP contribution is 2.45. The Morgan fingerprint density at radius 2 is 1.96 bits per heavy atom. The normalized spacial score (nSPS) is 26.8. The van der Waals surface area contributed by atoms with E-state index < -0.39 is 28.0 Å². The van der Waals surface area contributed by atoms with E-state index in [1.54, 1.807) is 12.1 Å². The molecular weight excluding hydrogens is 334 g/mol. The lowest BCUT2D eigenvalue weighted by molar-refractivity contribution is -0.142. The molecule has 24 heavy (non-hydrogen) atoms. The number of rotatable bonds is 4. The molecule has 10 heteroatoms. The molecule has 3 atom stereocenters. The molecule has 2 fully saturated rings. The molecule has 3 heterocycles. The Hall–Kier alpha value is -2.33. The van der Waals surface area contributed by atoms with Gasteiger partial charge in [-0.15, -0.1) is 5.10 Å². The van der Waals surface area contributed by atoms with Crippen LogP contribution in [0.25, 0.3) is 5.69 Å². The lowest BCUT2D eigenvalue weighted by atomic mass is 9.89. The van der Waals surface area contributed by atoms with Gasteiger partial charge in [0, 0.05) is 12.1 Å². The lowest BCUT2D eigenvalue weighted by Gasteiger charge is -2.22. The Morgan fingerprint density at radius 1 is 1.21 bits per heavy atom. The molecule has 2 aliphatic rings. The Morgan fingerprint density at radius 3 is 2.54 bits per heavy atom. The van der Waals surface area contributed by atoms with E-state index in [0.29, 0.717) is 18.5 Å². The van der Waals surface area contributed by atoms with Gasteiger partial charge in [0.25, 0.3) is 0 Å². The van der Waals surface area contributed by atoms with E-state index in [1.807, 2.05) is 0 Å². The molecule has 2 bridgehead atoms. The van der Waals surface area contributed by atoms with E-state index in [4.69, 9.17) is 0 Å². The van der Waals surface area contributed by atoms with E-state index >= 15 is 0 Å². The molecule has 2 saturated heterocycles. The summed E-state index contributed by atoms with van der Waals surface area (Å²) in [5.41, 5.74) is 0.645. The van der Waals surface area contributed by atoms with Gasteiger partial charge in [-0.25, -0.2) is 13.1 Å². The number of hydrogen-bond acceptors (Lipinski definition) is 6. The Balaban J connectivity index is 1.65. The predicted octanol–water partition coefficient (Wildman–Crippen LogP) is 0.288. The van der Waals surface area contributed by atoms with Gasteiger partial charge in [-0.3, -0.25) is 4.79 Å². The molecule has 0 radical (unpaired) electrons. The summed E-state index contributed by atoms with van der Waals surface area (Å²) in [6.07, 6.45) is 3.13. The number of aliphatic carboxylic acids is 1. The van der Waals surface area contributed by atoms with E-state index in [9.17, 15) is 18.3 Å². The van der Waals surface area contributed by atoms with Crippen molar-refractivity contribution in [1.29, 1.82) is 0 Å². The van der Waals surface area contributed by atoms with Crippen molar-refractivity contribution >= 4 is 16.0 Å². The molecule has 0 amide bonds. The molecule has 1 N–H and O–H groups in total. The maximum Gasteiger partial charge on any atom is 0.308 e. The molecule has 1 aromatic carbocycles. The number of hydrogen-bond donors (Lipinski definition) is 1. The minimum Gasteiger partial charge on any atom is -0.481 e. The molecular formula is C14H15N5O4S. The van der Waals surface area contributed by atoms with E-state index in [2.05, 4.69) is 15.5 Å². The van der Waals surface area contributed by atoms with Gasteiger partial charge < -0.3 is 5.11 Å². The van der Waals surface area contributed by atoms with Gasteiger partial charge in [0.1, 0.15) is 6.33 Å². The van der Waals surface area contributed by atoms with E-state index in [0.717, 1.165) is 6.42 Å². The summed E-state index contributed by atoms with van der Waals surface area (Å²) in [6.45, 7) is 0. The van der Waals surface area contributed by atoms with Crippen LogP contribution in [-0.2, 0) is 14.8 Å². The predicted molar refractivity (Wildman–Crippen MR) is 80.7 cm³/mol. The van der Waals surface area contributed by atoms with Gasteiger partial charge in [-0.1, -0.05) is 0 Å². The van der Waals surface area contributed by atoms with Crippen LogP contribution in [0.15, 0.2) is 35.5 Å². The quantitative estimate of drug-likeness (QED) is 0.842. The first-order chi connectivity index (χ1) is 11.5. The zero-order valence-electron chi connectivity index (χ0n) is 12.6. The van der Waals surface area contributed by atoms with E-state index in [1.165, 1.54) is 27.4 Å². The van der Waals surface area contributed by atoms with Crippen molar-refractivity contribution < 1.29 is 18.3 Å². The number of carboxylic acids is 1. The molecule has 9 nitrogen and oxygen atoms in total. The summed E-state index contributed by atoms with van der Waals surface area (Å²) < 4.78 is 28.7. The van der Waals surface area contributed by atoms with Crippen molar-refractivity contribution in [3.8, 4) is 5.69 Å². The number of benzene rings is 1. The first-order valence-corrected chi connectivity index (χ1v) is 9.02. The molecule has 2 aromatic rings. The van der Waals surface area contributed by atoms with E-state index in [-0.39, 0.29) is 10.9 Å². The van der Waals surface area contributed by atoms with Gasteiger partial charge in [-0.2, -0.15) is 4.31 Å². The van der Waals surface area contributed by atoms with Crippen LogP contribution in [0.3, 0.4) is 0 Å². The number of nitrogens with zero attached hydrogens (tertiary/aromatic N) is 5. The number of aromatic nitrogens is 4. The number of fused-ring (bicyclic) bond motifs is 2. The van der Waals surface area contributed by atoms with Crippen molar-refractivity contribution in [2.75, 3.05) is 0 Å². The highest BCUT2D eigenvalue weighted by Gasteiger charge is 2.54. The number of carboxylic acid groups (broad SMARTS) is 1. The second-order valence-corrected chi connectivity index (χ2v) is 7.91. The average Bonchev–Trinajstić information content (AvgIpc) is 3.30. The summed E-state index contributed by atoms with van der Waals surface area (Å²) in [5, 5.41) is 20.1. The fourth-order valence-corrected chi connectivity index (χ4v) is 5.67. The number of tetrazole rings is 1. The maximum atomic E-state index is 12.9. The molecule has 0 saturated carbocycles. The lowest BCUT2D eigenvalue weighted by Crippen LogP contribution is -2.37. The molecule has 0 spiro atoms. The standard InChI is InChI=1S/C14H15N5O4S/c20-14(21)12-7-10-3-6-13(12)19(10)24(22,23)11-4-1-9(2-5-11)18-8-15-16-17-18/h1-2,4-5,8,10,12-13H,3,6-7H2,(H,20,21). The molecule has 2 aliphatic heterocycles. The second kappa shape index (κ2) is 5.35. The number of sulfonamides is 1. The summed E-state index contributed by atoms with van der Waals surface area (Å²) in [7, 11) is -3.72. The smallest absolute Gasteiger partial charge is 0.308 e. The van der Waals surface area contributed by atoms with Crippen LogP contribution in [0.5, 0.6) is 0 Å². The average molecular weight is 349 g/mol. The molecule has 4 rings (SSSR count). The summed E-state index contributed by atoms with van der Waals surface area (Å²) >= 11 is 0. The van der Waals surface area contributed by atoms with Crippen LogP contribution in [0.1, 0.15) is 19.3 Å².